The molecule has 3 aromatic rings. The number of Topliss-reactive ketones (excluding diaryl/α,β-unsaturated/α-hetero) is 1. The van der Waals surface area contributed by atoms with Crippen molar-refractivity contribution < 1.29 is 29.0 Å². The number of esters is 1. The molecule has 0 radical (unpaired) electrons. The number of ketones is 1. The largest absolute Gasteiger partial charge is 0.507 e. The fraction of sp³-hybridized carbons (Fsp3) is 0.217. The number of methoxy groups -OCH3 is 1. The molecule has 170 valence electrons. The summed E-state index contributed by atoms with van der Waals surface area (Å²) in [5.74, 6) is -1.90. The number of hydrogen-bond donors (Lipinski definition) is 1. The summed E-state index contributed by atoms with van der Waals surface area (Å²) in [6.07, 6.45) is 0. The van der Waals surface area contributed by atoms with Crippen molar-refractivity contribution in [3.8, 4) is 5.75 Å². The van der Waals surface area contributed by atoms with Gasteiger partial charge in [-0.05, 0) is 49.6 Å². The number of aliphatic hydroxyl groups excluding tert-OH is 1. The van der Waals surface area contributed by atoms with Crippen molar-refractivity contribution in [2.75, 3.05) is 18.6 Å². The maximum Gasteiger partial charge on any atom is 0.350 e. The number of carbonyl (C=O) groups is 3. The zero-order valence-corrected chi connectivity index (χ0v) is 19.7. The lowest BCUT2D eigenvalue weighted by molar-refractivity contribution is -0.132. The Hall–Kier alpha value is -3.50. The molecule has 0 saturated carbocycles. The normalized spacial score (nSPS) is 17.4. The standard InChI is InChI=1S/C23H20N2O6S2/c1-4-31-14-9-7-13(8-10-14)18(26)16-17(15-6-5-11-32-15)25(21(28)19(16)27)23-24-12(2)20(33-23)22(29)30-3/h5-11,17,26H,4H2,1-3H3/b18-16+. The van der Waals surface area contributed by atoms with Gasteiger partial charge in [-0.15, -0.1) is 11.3 Å². The number of thiazole rings is 1. The number of rotatable bonds is 6. The number of ether oxygens (including phenoxy) is 2. The molecule has 33 heavy (non-hydrogen) atoms. The molecule has 0 aliphatic carbocycles. The van der Waals surface area contributed by atoms with Gasteiger partial charge in [0, 0.05) is 10.4 Å². The summed E-state index contributed by atoms with van der Waals surface area (Å²) in [7, 11) is 1.26. The van der Waals surface area contributed by atoms with Gasteiger partial charge in [0.25, 0.3) is 5.78 Å². The van der Waals surface area contributed by atoms with E-state index in [0.29, 0.717) is 28.5 Å². The highest BCUT2D eigenvalue weighted by atomic mass is 32.1. The number of aliphatic hydroxyl groups is 1. The third-order valence-electron chi connectivity index (χ3n) is 5.06. The third-order valence-corrected chi connectivity index (χ3v) is 7.12. The van der Waals surface area contributed by atoms with Crippen molar-refractivity contribution in [2.24, 2.45) is 0 Å². The SMILES string of the molecule is CCOc1ccc(/C(O)=C2\C(=O)C(=O)N(c3nc(C)c(C(=O)OC)s3)C2c2cccs2)cc1. The Morgan fingerprint density at radius 3 is 2.55 bits per heavy atom. The first-order valence-corrected chi connectivity index (χ1v) is 11.7. The van der Waals surface area contributed by atoms with Crippen molar-refractivity contribution >= 4 is 51.2 Å². The summed E-state index contributed by atoms with van der Waals surface area (Å²) in [5, 5.41) is 13.1. The molecule has 10 heteroatoms. The summed E-state index contributed by atoms with van der Waals surface area (Å²) < 4.78 is 10.2. The highest BCUT2D eigenvalue weighted by Gasteiger charge is 2.48. The lowest BCUT2D eigenvalue weighted by atomic mass is 10.00. The van der Waals surface area contributed by atoms with Gasteiger partial charge in [0.15, 0.2) is 5.13 Å². The lowest BCUT2D eigenvalue weighted by Crippen LogP contribution is -2.29. The molecule has 1 aromatic carbocycles. The molecule has 1 fully saturated rings. The summed E-state index contributed by atoms with van der Waals surface area (Å²) in [5.41, 5.74) is 0.725. The van der Waals surface area contributed by atoms with E-state index < -0.39 is 23.7 Å². The predicted octanol–water partition coefficient (Wildman–Crippen LogP) is 4.32. The molecule has 0 bridgehead atoms. The summed E-state index contributed by atoms with van der Waals surface area (Å²) >= 11 is 2.31. The van der Waals surface area contributed by atoms with E-state index in [2.05, 4.69) is 4.98 Å². The molecule has 0 spiro atoms. The number of aromatic nitrogens is 1. The van der Waals surface area contributed by atoms with E-state index in [1.165, 1.54) is 23.3 Å². The molecule has 1 N–H and O–H groups in total. The fourth-order valence-electron chi connectivity index (χ4n) is 3.54. The van der Waals surface area contributed by atoms with Crippen LogP contribution >= 0.6 is 22.7 Å². The summed E-state index contributed by atoms with van der Waals surface area (Å²) in [6, 6.07) is 9.31. The maximum atomic E-state index is 13.1. The highest BCUT2D eigenvalue weighted by molar-refractivity contribution is 7.18. The van der Waals surface area contributed by atoms with Crippen LogP contribution in [0, 0.1) is 6.92 Å². The Labute approximate surface area is 197 Å². The van der Waals surface area contributed by atoms with Crippen LogP contribution in [-0.4, -0.2) is 41.5 Å². The van der Waals surface area contributed by atoms with Crippen LogP contribution in [-0.2, 0) is 14.3 Å². The number of aryl methyl sites for hydroxylation is 1. The van der Waals surface area contributed by atoms with Crippen LogP contribution in [0.1, 0.15) is 38.8 Å². The van der Waals surface area contributed by atoms with Crippen molar-refractivity contribution in [1.82, 2.24) is 4.98 Å². The average Bonchev–Trinajstić information content (AvgIpc) is 3.53. The number of nitrogens with zero attached hydrogens (tertiary/aromatic N) is 2. The number of hydrogen-bond acceptors (Lipinski definition) is 9. The first-order chi connectivity index (χ1) is 15.9. The minimum Gasteiger partial charge on any atom is -0.507 e. The smallest absolute Gasteiger partial charge is 0.350 e. The fourth-order valence-corrected chi connectivity index (χ4v) is 5.38. The van der Waals surface area contributed by atoms with E-state index in [0.717, 1.165) is 11.3 Å². The maximum absolute atomic E-state index is 13.1. The third kappa shape index (κ3) is 4.03. The number of carbonyl (C=O) groups excluding carboxylic acids is 3. The molecule has 1 atom stereocenters. The minimum absolute atomic E-state index is 0.0425. The Balaban J connectivity index is 1.85. The van der Waals surface area contributed by atoms with Crippen LogP contribution in [0.25, 0.3) is 5.76 Å². The molecule has 1 unspecified atom stereocenters. The van der Waals surface area contributed by atoms with Gasteiger partial charge >= 0.3 is 11.9 Å². The van der Waals surface area contributed by atoms with E-state index in [1.807, 2.05) is 12.3 Å². The van der Waals surface area contributed by atoms with Crippen molar-refractivity contribution in [1.29, 1.82) is 0 Å². The second-order valence-electron chi connectivity index (χ2n) is 7.04. The molecule has 2 aromatic heterocycles. The zero-order chi connectivity index (χ0) is 23.7. The van der Waals surface area contributed by atoms with Gasteiger partial charge in [0.05, 0.1) is 25.0 Å². The van der Waals surface area contributed by atoms with Crippen LogP contribution in [0.3, 0.4) is 0 Å². The Bertz CT molecular complexity index is 1240. The molecule has 3 heterocycles. The minimum atomic E-state index is -0.882. The summed E-state index contributed by atoms with van der Waals surface area (Å²) in [4.78, 5) is 44.8. The number of amides is 1. The van der Waals surface area contributed by atoms with Crippen molar-refractivity contribution in [2.45, 2.75) is 19.9 Å². The van der Waals surface area contributed by atoms with Gasteiger partial charge in [-0.2, -0.15) is 0 Å². The number of benzene rings is 1. The van der Waals surface area contributed by atoms with Gasteiger partial charge in [0.1, 0.15) is 22.4 Å². The van der Waals surface area contributed by atoms with Crippen LogP contribution in [0.15, 0.2) is 47.4 Å². The molecule has 1 amide bonds. The van der Waals surface area contributed by atoms with Crippen molar-refractivity contribution in [3.63, 3.8) is 0 Å². The molecule has 8 nitrogen and oxygen atoms in total. The molecule has 4 rings (SSSR count). The van der Waals surface area contributed by atoms with E-state index in [1.54, 1.807) is 43.3 Å². The number of anilines is 1. The van der Waals surface area contributed by atoms with Gasteiger partial charge in [-0.3, -0.25) is 14.5 Å². The monoisotopic (exact) mass is 484 g/mol. The van der Waals surface area contributed by atoms with Crippen LogP contribution in [0.4, 0.5) is 5.13 Å². The molecular formula is C23H20N2O6S2. The van der Waals surface area contributed by atoms with Crippen LogP contribution in [0.2, 0.25) is 0 Å². The van der Waals surface area contributed by atoms with Crippen LogP contribution in [0.5, 0.6) is 5.75 Å². The molecule has 1 aliphatic rings. The van der Waals surface area contributed by atoms with E-state index in [9.17, 15) is 19.5 Å². The second kappa shape index (κ2) is 9.16. The quantitative estimate of drug-likeness (QED) is 0.240. The molecular weight excluding hydrogens is 464 g/mol. The van der Waals surface area contributed by atoms with Gasteiger partial charge in [0.2, 0.25) is 0 Å². The zero-order valence-electron chi connectivity index (χ0n) is 18.0. The average molecular weight is 485 g/mol. The Morgan fingerprint density at radius 2 is 1.94 bits per heavy atom. The van der Waals surface area contributed by atoms with Crippen LogP contribution < -0.4 is 9.64 Å². The lowest BCUT2D eigenvalue weighted by Gasteiger charge is -2.21. The van der Waals surface area contributed by atoms with Gasteiger partial charge in [-0.25, -0.2) is 9.78 Å². The molecule has 1 saturated heterocycles. The van der Waals surface area contributed by atoms with E-state index >= 15 is 0 Å². The first-order valence-electron chi connectivity index (χ1n) is 10.0. The Morgan fingerprint density at radius 1 is 1.21 bits per heavy atom. The Kier molecular flexibility index (Phi) is 6.30. The number of thiophene rings is 1. The van der Waals surface area contributed by atoms with Gasteiger partial charge < -0.3 is 14.6 Å². The first kappa shape index (κ1) is 22.7. The van der Waals surface area contributed by atoms with Gasteiger partial charge in [-0.1, -0.05) is 17.4 Å². The highest BCUT2D eigenvalue weighted by Crippen LogP contribution is 2.45. The predicted molar refractivity (Wildman–Crippen MR) is 125 cm³/mol. The second-order valence-corrected chi connectivity index (χ2v) is 9.00. The summed E-state index contributed by atoms with van der Waals surface area (Å²) in [6.45, 7) is 3.99. The molecule has 1 aliphatic heterocycles. The van der Waals surface area contributed by atoms with E-state index in [-0.39, 0.29) is 21.3 Å². The van der Waals surface area contributed by atoms with Crippen molar-refractivity contribution in [3.05, 3.63) is 68.4 Å². The topological polar surface area (TPSA) is 106 Å². The van der Waals surface area contributed by atoms with E-state index in [4.69, 9.17) is 9.47 Å².